The van der Waals surface area contributed by atoms with Crippen LogP contribution in [0, 0.1) is 5.82 Å². The maximum absolute atomic E-state index is 13.3. The predicted octanol–water partition coefficient (Wildman–Crippen LogP) is 2.62. The van der Waals surface area contributed by atoms with E-state index in [1.165, 1.54) is 19.1 Å². The van der Waals surface area contributed by atoms with Crippen LogP contribution in [0.4, 0.5) is 8.78 Å². The molecule has 1 atom stereocenters. The molecule has 2 nitrogen and oxygen atoms in total. The van der Waals surface area contributed by atoms with Crippen molar-refractivity contribution in [3.8, 4) is 5.75 Å². The van der Waals surface area contributed by atoms with Gasteiger partial charge in [0.2, 0.25) is 0 Å². The Morgan fingerprint density at radius 2 is 2.20 bits per heavy atom. The minimum atomic E-state index is -0.843. The van der Waals surface area contributed by atoms with Crippen LogP contribution in [0.25, 0.3) is 0 Å². The number of hydrogen-bond acceptors (Lipinski definition) is 2. The minimum absolute atomic E-state index is 0.226. The molecule has 15 heavy (non-hydrogen) atoms. The first kappa shape index (κ1) is 11.9. The van der Waals surface area contributed by atoms with Gasteiger partial charge in [0.25, 0.3) is 0 Å². The standard InChI is InChI=1S/C11H14F2O2/c1-8(14)10-4-3-9(7-11(10)13)15-6-2-5-12/h3-4,7-8,14H,2,5-6H2,1H3/t8-/m0/s1. The lowest BCUT2D eigenvalue weighted by atomic mass is 10.1. The van der Waals surface area contributed by atoms with Crippen LogP contribution in [0.1, 0.15) is 25.0 Å². The predicted molar refractivity (Wildman–Crippen MR) is 53.1 cm³/mol. The van der Waals surface area contributed by atoms with Crippen molar-refractivity contribution in [3.05, 3.63) is 29.6 Å². The van der Waals surface area contributed by atoms with Crippen molar-refractivity contribution < 1.29 is 18.6 Å². The summed E-state index contributed by atoms with van der Waals surface area (Å²) in [6, 6.07) is 4.22. The Morgan fingerprint density at radius 1 is 1.47 bits per heavy atom. The fourth-order valence-electron chi connectivity index (χ4n) is 1.18. The first-order valence-electron chi connectivity index (χ1n) is 4.81. The summed E-state index contributed by atoms with van der Waals surface area (Å²) < 4.78 is 30.2. The van der Waals surface area contributed by atoms with E-state index in [9.17, 15) is 13.9 Å². The zero-order valence-electron chi connectivity index (χ0n) is 8.54. The van der Waals surface area contributed by atoms with Crippen molar-refractivity contribution in [2.75, 3.05) is 13.3 Å². The second-order valence-electron chi connectivity index (χ2n) is 3.25. The summed E-state index contributed by atoms with van der Waals surface area (Å²) in [5, 5.41) is 9.18. The number of halogens is 2. The Balaban J connectivity index is 2.65. The lowest BCUT2D eigenvalue weighted by molar-refractivity contribution is 0.194. The highest BCUT2D eigenvalue weighted by Crippen LogP contribution is 2.21. The highest BCUT2D eigenvalue weighted by atomic mass is 19.1. The van der Waals surface area contributed by atoms with E-state index in [1.54, 1.807) is 6.07 Å². The zero-order valence-corrected chi connectivity index (χ0v) is 8.54. The lowest BCUT2D eigenvalue weighted by Crippen LogP contribution is -2.00. The van der Waals surface area contributed by atoms with Crippen LogP contribution in [-0.4, -0.2) is 18.4 Å². The third-order valence-corrected chi connectivity index (χ3v) is 1.97. The van der Waals surface area contributed by atoms with E-state index >= 15 is 0 Å². The van der Waals surface area contributed by atoms with Gasteiger partial charge in [-0.3, -0.25) is 4.39 Å². The molecule has 0 saturated carbocycles. The third-order valence-electron chi connectivity index (χ3n) is 1.97. The van der Waals surface area contributed by atoms with Crippen LogP contribution < -0.4 is 4.74 Å². The molecule has 0 aromatic heterocycles. The van der Waals surface area contributed by atoms with Gasteiger partial charge >= 0.3 is 0 Å². The molecule has 0 saturated heterocycles. The van der Waals surface area contributed by atoms with E-state index in [0.717, 1.165) is 0 Å². The van der Waals surface area contributed by atoms with E-state index < -0.39 is 18.6 Å². The fourth-order valence-corrected chi connectivity index (χ4v) is 1.18. The van der Waals surface area contributed by atoms with Crippen molar-refractivity contribution >= 4 is 0 Å². The smallest absolute Gasteiger partial charge is 0.132 e. The second kappa shape index (κ2) is 5.66. The van der Waals surface area contributed by atoms with Gasteiger partial charge in [-0.1, -0.05) is 0 Å². The van der Waals surface area contributed by atoms with Crippen molar-refractivity contribution in [2.24, 2.45) is 0 Å². The number of aliphatic hydroxyl groups excluding tert-OH is 1. The fraction of sp³-hybridized carbons (Fsp3) is 0.455. The molecule has 1 N–H and O–H groups in total. The van der Waals surface area contributed by atoms with Crippen molar-refractivity contribution in [2.45, 2.75) is 19.4 Å². The highest BCUT2D eigenvalue weighted by Gasteiger charge is 2.08. The summed E-state index contributed by atoms with van der Waals surface area (Å²) in [6.07, 6.45) is -0.551. The zero-order chi connectivity index (χ0) is 11.3. The van der Waals surface area contributed by atoms with Crippen LogP contribution in [0.3, 0.4) is 0 Å². The SMILES string of the molecule is C[C@H](O)c1ccc(OCCCF)cc1F. The Labute approximate surface area is 87.5 Å². The van der Waals surface area contributed by atoms with E-state index in [-0.39, 0.29) is 12.2 Å². The van der Waals surface area contributed by atoms with E-state index in [2.05, 4.69) is 0 Å². The van der Waals surface area contributed by atoms with E-state index in [0.29, 0.717) is 12.2 Å². The van der Waals surface area contributed by atoms with Gasteiger partial charge in [-0.15, -0.1) is 0 Å². The molecule has 0 spiro atoms. The van der Waals surface area contributed by atoms with Crippen LogP contribution in [-0.2, 0) is 0 Å². The monoisotopic (exact) mass is 216 g/mol. The number of ether oxygens (including phenoxy) is 1. The lowest BCUT2D eigenvalue weighted by Gasteiger charge is -2.09. The van der Waals surface area contributed by atoms with Gasteiger partial charge in [0, 0.05) is 18.1 Å². The first-order chi connectivity index (χ1) is 7.15. The molecule has 0 unspecified atom stereocenters. The quantitative estimate of drug-likeness (QED) is 0.766. The molecule has 0 heterocycles. The van der Waals surface area contributed by atoms with Crippen LogP contribution >= 0.6 is 0 Å². The molecule has 0 aliphatic heterocycles. The number of benzene rings is 1. The Kier molecular flexibility index (Phi) is 4.49. The molecule has 0 aliphatic rings. The van der Waals surface area contributed by atoms with Crippen LogP contribution in [0.15, 0.2) is 18.2 Å². The number of aliphatic hydroxyl groups is 1. The van der Waals surface area contributed by atoms with Crippen LogP contribution in [0.5, 0.6) is 5.75 Å². The molecule has 1 aromatic carbocycles. The molecule has 0 fully saturated rings. The molecule has 0 radical (unpaired) electrons. The van der Waals surface area contributed by atoms with Gasteiger partial charge in [-0.2, -0.15) is 0 Å². The second-order valence-corrected chi connectivity index (χ2v) is 3.25. The van der Waals surface area contributed by atoms with E-state index in [1.807, 2.05) is 0 Å². The largest absolute Gasteiger partial charge is 0.493 e. The van der Waals surface area contributed by atoms with Crippen molar-refractivity contribution in [3.63, 3.8) is 0 Å². The van der Waals surface area contributed by atoms with Gasteiger partial charge < -0.3 is 9.84 Å². The van der Waals surface area contributed by atoms with E-state index in [4.69, 9.17) is 4.74 Å². The normalized spacial score (nSPS) is 12.5. The number of alkyl halides is 1. The van der Waals surface area contributed by atoms with Gasteiger partial charge in [0.1, 0.15) is 11.6 Å². The van der Waals surface area contributed by atoms with Gasteiger partial charge in [-0.05, 0) is 19.1 Å². The van der Waals surface area contributed by atoms with Crippen LogP contribution in [0.2, 0.25) is 0 Å². The van der Waals surface area contributed by atoms with Gasteiger partial charge in [0.15, 0.2) is 0 Å². The molecule has 1 rings (SSSR count). The number of rotatable bonds is 5. The van der Waals surface area contributed by atoms with Gasteiger partial charge in [-0.25, -0.2) is 4.39 Å². The molecule has 0 bridgehead atoms. The average Bonchev–Trinajstić information content (AvgIpc) is 2.17. The van der Waals surface area contributed by atoms with Gasteiger partial charge in [0.05, 0.1) is 19.4 Å². The summed E-state index contributed by atoms with van der Waals surface area (Å²) in [6.45, 7) is 1.26. The average molecular weight is 216 g/mol. The maximum atomic E-state index is 13.3. The summed E-state index contributed by atoms with van der Waals surface area (Å²) in [5.41, 5.74) is 0.229. The number of hydrogen-bond donors (Lipinski definition) is 1. The molecule has 84 valence electrons. The molecule has 1 aromatic rings. The molecular weight excluding hydrogens is 202 g/mol. The summed E-state index contributed by atoms with van der Waals surface area (Å²) in [5.74, 6) is -0.159. The topological polar surface area (TPSA) is 29.5 Å². The Bertz CT molecular complexity index is 313. The Morgan fingerprint density at radius 3 is 2.73 bits per heavy atom. The third kappa shape index (κ3) is 3.47. The van der Waals surface area contributed by atoms with Crippen molar-refractivity contribution in [1.29, 1.82) is 0 Å². The first-order valence-corrected chi connectivity index (χ1v) is 4.81. The molecule has 0 amide bonds. The summed E-state index contributed by atoms with van der Waals surface area (Å²) in [4.78, 5) is 0. The molecule has 0 aliphatic carbocycles. The summed E-state index contributed by atoms with van der Waals surface area (Å²) in [7, 11) is 0. The minimum Gasteiger partial charge on any atom is -0.493 e. The molecule has 4 heteroatoms. The summed E-state index contributed by atoms with van der Waals surface area (Å²) >= 11 is 0. The Hall–Kier alpha value is -1.16. The van der Waals surface area contributed by atoms with Crippen molar-refractivity contribution in [1.82, 2.24) is 0 Å². The highest BCUT2D eigenvalue weighted by molar-refractivity contribution is 5.29. The maximum Gasteiger partial charge on any atom is 0.132 e. The molecular formula is C11H14F2O2.